The number of phenolic OH excluding ortho intramolecular Hbond substituents is 1. The van der Waals surface area contributed by atoms with Crippen LogP contribution in [0.4, 0.5) is 0 Å². The van der Waals surface area contributed by atoms with Gasteiger partial charge in [0.2, 0.25) is 88.6 Å². The van der Waals surface area contributed by atoms with E-state index in [1.807, 2.05) is 0 Å². The Bertz CT molecular complexity index is 4000. The minimum atomic E-state index is -1.67. The number of nitrogens with one attached hydrogen (secondary N) is 11. The molecule has 5 rings (SSSR count). The first-order valence-electron chi connectivity index (χ1n) is 41.8. The Labute approximate surface area is 713 Å². The lowest BCUT2D eigenvalue weighted by Gasteiger charge is -2.33. The Balaban J connectivity index is 1.38. The van der Waals surface area contributed by atoms with Gasteiger partial charge in [-0.3, -0.25) is 81.7 Å². The number of aliphatic hydroxyl groups excluding tert-OH is 2. The first-order chi connectivity index (χ1) is 58.2. The highest BCUT2D eigenvalue weighted by Gasteiger charge is 2.46. The minimum absolute atomic E-state index is 0.00917. The van der Waals surface area contributed by atoms with Crippen molar-refractivity contribution in [3.63, 3.8) is 0 Å². The first kappa shape index (κ1) is 102. The molecule has 2 aromatic rings. The maximum Gasteiger partial charge on any atom is 0.326 e. The van der Waals surface area contributed by atoms with Crippen molar-refractivity contribution in [3.05, 3.63) is 65.7 Å². The Hall–Kier alpha value is -11.7. The molecule has 3 aliphatic heterocycles. The monoisotopic (exact) mass is 1730 g/mol. The van der Waals surface area contributed by atoms with Crippen molar-refractivity contribution < 1.29 is 107 Å². The molecule has 42 heteroatoms. The molecule has 0 aliphatic carbocycles. The van der Waals surface area contributed by atoms with Gasteiger partial charge in [0, 0.05) is 51.9 Å². The van der Waals surface area contributed by atoms with Crippen molar-refractivity contribution >= 4 is 107 Å². The fraction of sp³-hybridized carbons (Fsp3) is 0.630. The number of benzene rings is 2. The Morgan fingerprint density at radius 3 is 1.45 bits per heavy atom. The van der Waals surface area contributed by atoms with E-state index < -0.39 is 235 Å². The molecular formula is C81H126N20O22. The number of carboxylic acid groups (broad SMARTS) is 2. The third-order valence-electron chi connectivity index (χ3n) is 21.6. The maximum atomic E-state index is 15.3. The van der Waals surface area contributed by atoms with Crippen molar-refractivity contribution in [1.29, 1.82) is 0 Å². The zero-order valence-electron chi connectivity index (χ0n) is 70.8. The number of carboxylic acids is 2. The predicted octanol–water partition coefficient (Wildman–Crippen LogP) is -5.04. The lowest BCUT2D eigenvalue weighted by atomic mass is 9.99. The molecular weight excluding hydrogens is 1610 g/mol. The number of hydrogen-bond acceptors (Lipinski definition) is 23. The molecule has 0 saturated carbocycles. The van der Waals surface area contributed by atoms with Crippen molar-refractivity contribution in [2.75, 3.05) is 45.9 Å². The highest BCUT2D eigenvalue weighted by atomic mass is 16.4. The number of nitrogens with zero attached hydrogens (tertiary/aromatic N) is 4. The van der Waals surface area contributed by atoms with Crippen LogP contribution in [0.25, 0.3) is 0 Å². The quantitative estimate of drug-likeness (QED) is 0.0167. The Morgan fingerprint density at radius 1 is 0.496 bits per heavy atom. The maximum absolute atomic E-state index is 15.3. The number of nitrogens with two attached hydrogens (primary N) is 5. The van der Waals surface area contributed by atoms with Gasteiger partial charge in [-0.25, -0.2) is 4.79 Å². The summed E-state index contributed by atoms with van der Waals surface area (Å²) in [5.41, 5.74) is 29.1. The second-order valence-electron chi connectivity index (χ2n) is 32.1. The number of unbranched alkanes of at least 4 members (excludes halogenated alkanes) is 1. The van der Waals surface area contributed by atoms with Crippen LogP contribution in [0.3, 0.4) is 0 Å². The third-order valence-corrected chi connectivity index (χ3v) is 21.6. The van der Waals surface area contributed by atoms with Crippen molar-refractivity contribution in [2.45, 2.75) is 261 Å². The molecule has 0 spiro atoms. The van der Waals surface area contributed by atoms with E-state index >= 15 is 4.79 Å². The number of aliphatic carboxylic acids is 2. The molecule has 3 saturated heterocycles. The molecule has 2 aromatic carbocycles. The molecule has 3 aliphatic rings. The molecule has 0 unspecified atom stereocenters. The molecule has 42 nitrogen and oxygen atoms in total. The van der Waals surface area contributed by atoms with Crippen LogP contribution < -0.4 is 87.2 Å². The van der Waals surface area contributed by atoms with E-state index in [1.165, 1.54) is 45.9 Å². The van der Waals surface area contributed by atoms with Crippen LogP contribution in [0.5, 0.6) is 5.75 Å². The van der Waals surface area contributed by atoms with E-state index in [0.29, 0.717) is 43.2 Å². The summed E-state index contributed by atoms with van der Waals surface area (Å²) in [5.74, 6) is -18.0. The lowest BCUT2D eigenvalue weighted by Crippen LogP contribution is -2.61. The Kier molecular flexibility index (Phi) is 42.0. The number of carbonyl (C=O) groups is 17. The van der Waals surface area contributed by atoms with Crippen LogP contribution in [0.1, 0.15) is 169 Å². The van der Waals surface area contributed by atoms with Gasteiger partial charge in [0.1, 0.15) is 90.3 Å². The van der Waals surface area contributed by atoms with Crippen LogP contribution >= 0.6 is 0 Å². The minimum Gasteiger partial charge on any atom is -0.508 e. The van der Waals surface area contributed by atoms with Crippen molar-refractivity contribution in [3.8, 4) is 5.75 Å². The summed E-state index contributed by atoms with van der Waals surface area (Å²) >= 11 is 0. The largest absolute Gasteiger partial charge is 0.508 e. The zero-order chi connectivity index (χ0) is 91.5. The first-order valence-corrected chi connectivity index (χ1v) is 41.8. The fourth-order valence-corrected chi connectivity index (χ4v) is 14.5. The predicted molar refractivity (Wildman–Crippen MR) is 445 cm³/mol. The second-order valence-corrected chi connectivity index (χ2v) is 32.1. The highest BCUT2D eigenvalue weighted by molar-refractivity contribution is 6.01. The van der Waals surface area contributed by atoms with Gasteiger partial charge < -0.3 is 127 Å². The number of hydrogen-bond donors (Lipinski definition) is 21. The summed E-state index contributed by atoms with van der Waals surface area (Å²) in [6.45, 7) is 9.73. The zero-order valence-corrected chi connectivity index (χ0v) is 70.8. The van der Waals surface area contributed by atoms with Gasteiger partial charge >= 0.3 is 11.9 Å². The standard InChI is InChI=1S/C81H126N20O22/c1-8-45(6)66(80(122)123)98-71(113)57(42-102)96-74(116)60-24-15-35-99(60)77(119)53(20-12-13-33-82)92-73(115)59-23-17-36-100(59)78(120)55(38-43(2)3)94-68(110)52(30-32-63(107)108)91-72(114)58-22-16-37-101(58)79(121)56(40-48-25-27-49(104)28-26-48)95-76(118)65(44(4)5)97-69(111)50(21-14-34-87-81(85)86)90-70(112)54(39-47-18-10-9-11-19-47)93-67(109)51(29-31-61(83)105)89-62(106)41-88-75(117)64(84)46(7)103/h9-11,18-19,25-28,43-46,50-60,64-66,102-104H,8,12-17,20-24,29-42,82,84H2,1-7H3,(H2,83,105)(H,88,117)(H,89,106)(H,90,112)(H,91,114)(H,92,115)(H,93,109)(H,94,110)(H,95,118)(H,96,116)(H,97,111)(H,98,113)(H,107,108)(H,122,123)(H4,85,86,87)/t45-,46+,50-,51-,52-,53-,54-,55-,56-,57-,58-,59-,60-,64-,65-,66-/m0/s1. The van der Waals surface area contributed by atoms with E-state index in [9.17, 15) is 102 Å². The number of aliphatic imine (C=N–C) groups is 1. The summed E-state index contributed by atoms with van der Waals surface area (Å²) < 4.78 is 0. The van der Waals surface area contributed by atoms with Gasteiger partial charge in [0.15, 0.2) is 5.96 Å². The van der Waals surface area contributed by atoms with Crippen LogP contribution in [-0.2, 0) is 94.3 Å². The SMILES string of the molecule is CC[C@H](C)[C@H](NC(=O)[C@H](CO)NC(=O)[C@@H]1CCCN1C(=O)[C@H](CCCCN)NC(=O)[C@@H]1CCCN1C(=O)[C@H](CC(C)C)NC(=O)[C@H](CCC(=O)O)NC(=O)[C@@H]1CCCN1C(=O)[C@H](Cc1ccc(O)cc1)NC(=O)[C@@H](NC(=O)[C@H](CCCN=C(N)N)NC(=O)[C@H](Cc1ccccc1)NC(=O)[C@H](CCC(N)=O)NC(=O)CNC(=O)[C@@H](N)[C@@H](C)O)C(C)C)C(=O)O. The average molecular weight is 1730 g/mol. The summed E-state index contributed by atoms with van der Waals surface area (Å²) in [6.07, 6.45) is -1.82. The summed E-state index contributed by atoms with van der Waals surface area (Å²) in [7, 11) is 0. The van der Waals surface area contributed by atoms with Gasteiger partial charge in [-0.1, -0.05) is 90.4 Å². The molecule has 682 valence electrons. The number of phenols is 1. The molecule has 16 atom stereocenters. The molecule has 26 N–H and O–H groups in total. The number of aromatic hydroxyl groups is 1. The van der Waals surface area contributed by atoms with Gasteiger partial charge in [-0.2, -0.15) is 0 Å². The number of amides is 15. The van der Waals surface area contributed by atoms with Gasteiger partial charge in [-0.05, 0) is 144 Å². The molecule has 3 fully saturated rings. The average Bonchev–Trinajstić information content (AvgIpc) is 1.73. The van der Waals surface area contributed by atoms with Crippen LogP contribution in [0.2, 0.25) is 0 Å². The molecule has 3 heterocycles. The van der Waals surface area contributed by atoms with E-state index in [-0.39, 0.29) is 121 Å². The smallest absolute Gasteiger partial charge is 0.326 e. The number of primary amides is 1. The fourth-order valence-electron chi connectivity index (χ4n) is 14.5. The second kappa shape index (κ2) is 50.7. The van der Waals surface area contributed by atoms with Gasteiger partial charge in [-0.15, -0.1) is 0 Å². The molecule has 123 heavy (non-hydrogen) atoms. The number of guanidine groups is 1. The molecule has 0 aromatic heterocycles. The van der Waals surface area contributed by atoms with Crippen molar-refractivity contribution in [2.24, 2.45) is 51.4 Å². The van der Waals surface area contributed by atoms with Crippen molar-refractivity contribution in [1.82, 2.24) is 73.2 Å². The molecule has 0 bridgehead atoms. The van der Waals surface area contributed by atoms with Gasteiger partial charge in [0.05, 0.1) is 19.3 Å². The number of rotatable bonds is 51. The number of likely N-dealkylation sites (tertiary alicyclic amines) is 3. The normalized spacial score (nSPS) is 18.2. The van der Waals surface area contributed by atoms with Gasteiger partial charge in [0.25, 0.3) is 0 Å². The van der Waals surface area contributed by atoms with Crippen LogP contribution in [0.15, 0.2) is 59.6 Å². The van der Waals surface area contributed by atoms with E-state index in [0.717, 1.165) is 0 Å². The molecule has 15 amide bonds. The summed E-state index contributed by atoms with van der Waals surface area (Å²) in [4.78, 5) is 245. The lowest BCUT2D eigenvalue weighted by molar-refractivity contribution is -0.145. The Morgan fingerprint density at radius 2 is 0.943 bits per heavy atom. The van der Waals surface area contributed by atoms with E-state index in [1.54, 1.807) is 71.9 Å². The number of aliphatic hydroxyl groups is 2. The molecule has 0 radical (unpaired) electrons. The third kappa shape index (κ3) is 32.6. The summed E-state index contributed by atoms with van der Waals surface area (Å²) in [5, 5.41) is 78.2. The number of carbonyl (C=O) groups excluding carboxylic acids is 15. The summed E-state index contributed by atoms with van der Waals surface area (Å²) in [6, 6.07) is -6.23. The van der Waals surface area contributed by atoms with E-state index in [2.05, 4.69) is 63.5 Å². The topological polar surface area (TPSA) is 676 Å². The van der Waals surface area contributed by atoms with Crippen LogP contribution in [-0.4, -0.2) is 283 Å². The van der Waals surface area contributed by atoms with E-state index in [4.69, 9.17) is 28.7 Å². The highest BCUT2D eigenvalue weighted by Crippen LogP contribution is 2.26. The van der Waals surface area contributed by atoms with Crippen LogP contribution in [0, 0.1) is 17.8 Å².